The Labute approximate surface area is 110 Å². The molecule has 1 aliphatic carbocycles. The van der Waals surface area contributed by atoms with Gasteiger partial charge in [0.2, 0.25) is 5.91 Å². The Balaban J connectivity index is 1.60. The highest BCUT2D eigenvalue weighted by atomic mass is 16.1. The molecule has 104 valence electrons. The van der Waals surface area contributed by atoms with Crippen molar-refractivity contribution in [1.29, 1.82) is 0 Å². The molecule has 0 spiro atoms. The number of hydrogen-bond donors (Lipinski definition) is 2. The van der Waals surface area contributed by atoms with Gasteiger partial charge in [0.15, 0.2) is 0 Å². The van der Waals surface area contributed by atoms with Crippen LogP contribution in [0.2, 0.25) is 0 Å². The van der Waals surface area contributed by atoms with E-state index in [1.54, 1.807) is 0 Å². The van der Waals surface area contributed by atoms with Crippen molar-refractivity contribution in [3.8, 4) is 0 Å². The predicted octanol–water partition coefficient (Wildman–Crippen LogP) is 0.977. The summed E-state index contributed by atoms with van der Waals surface area (Å²) in [4.78, 5) is 14.3. The van der Waals surface area contributed by atoms with Crippen LogP contribution in [0.5, 0.6) is 0 Å². The molecule has 1 heterocycles. The van der Waals surface area contributed by atoms with E-state index in [0.717, 1.165) is 45.1 Å². The van der Waals surface area contributed by atoms with Crippen molar-refractivity contribution >= 4 is 5.91 Å². The van der Waals surface area contributed by atoms with Crippen molar-refractivity contribution in [2.75, 3.05) is 33.2 Å². The molecule has 0 radical (unpaired) electrons. The van der Waals surface area contributed by atoms with E-state index in [1.165, 1.54) is 25.7 Å². The van der Waals surface area contributed by atoms with Crippen molar-refractivity contribution in [3.63, 3.8) is 0 Å². The van der Waals surface area contributed by atoms with E-state index in [2.05, 4.69) is 22.6 Å². The normalized spacial score (nSPS) is 25.6. The number of likely N-dealkylation sites (N-methyl/N-ethyl adjacent to an activating group) is 1. The van der Waals surface area contributed by atoms with Gasteiger partial charge in [-0.3, -0.25) is 4.79 Å². The Kier molecular flexibility index (Phi) is 5.45. The Morgan fingerprint density at radius 1 is 1.28 bits per heavy atom. The fourth-order valence-electron chi connectivity index (χ4n) is 3.10. The summed E-state index contributed by atoms with van der Waals surface area (Å²) in [6.45, 7) is 3.69. The van der Waals surface area contributed by atoms with Gasteiger partial charge in [-0.1, -0.05) is 12.8 Å². The van der Waals surface area contributed by atoms with Crippen LogP contribution in [0, 0.1) is 5.92 Å². The van der Waals surface area contributed by atoms with E-state index in [1.807, 2.05) is 0 Å². The number of rotatable bonds is 5. The van der Waals surface area contributed by atoms with Gasteiger partial charge in [-0.25, -0.2) is 0 Å². The molecule has 18 heavy (non-hydrogen) atoms. The summed E-state index contributed by atoms with van der Waals surface area (Å²) in [5.74, 6) is 0.428. The summed E-state index contributed by atoms with van der Waals surface area (Å²) in [5, 5.41) is 6.37. The summed E-state index contributed by atoms with van der Waals surface area (Å²) in [7, 11) is 2.18. The van der Waals surface area contributed by atoms with Crippen LogP contribution in [0.3, 0.4) is 0 Å². The Morgan fingerprint density at radius 2 is 2.06 bits per heavy atom. The molecule has 1 aliphatic heterocycles. The number of nitrogens with zero attached hydrogens (tertiary/aromatic N) is 1. The smallest absolute Gasteiger partial charge is 0.224 e. The van der Waals surface area contributed by atoms with Gasteiger partial charge in [-0.2, -0.15) is 0 Å². The van der Waals surface area contributed by atoms with Crippen molar-refractivity contribution < 1.29 is 4.79 Å². The Bertz CT molecular complexity index is 258. The minimum absolute atomic E-state index is 0.190. The van der Waals surface area contributed by atoms with E-state index in [4.69, 9.17) is 0 Å². The van der Waals surface area contributed by atoms with Crippen molar-refractivity contribution in [3.05, 3.63) is 0 Å². The summed E-state index contributed by atoms with van der Waals surface area (Å²) >= 11 is 0. The zero-order chi connectivity index (χ0) is 12.8. The largest absolute Gasteiger partial charge is 0.355 e. The molecule has 1 unspecified atom stereocenters. The third kappa shape index (κ3) is 3.95. The molecular weight excluding hydrogens is 226 g/mol. The molecule has 2 fully saturated rings. The van der Waals surface area contributed by atoms with Gasteiger partial charge < -0.3 is 15.5 Å². The zero-order valence-corrected chi connectivity index (χ0v) is 11.6. The monoisotopic (exact) mass is 253 g/mol. The van der Waals surface area contributed by atoms with Crippen LogP contribution in [0.25, 0.3) is 0 Å². The molecule has 1 atom stereocenters. The topological polar surface area (TPSA) is 44.4 Å². The standard InChI is InChI=1S/C14H27N3O/c1-17(13-6-2-3-7-13)10-9-16-14(18)12-5-4-8-15-11-12/h12-13,15H,2-11H2,1H3,(H,16,18). The van der Waals surface area contributed by atoms with Gasteiger partial charge in [0.1, 0.15) is 0 Å². The van der Waals surface area contributed by atoms with E-state index in [-0.39, 0.29) is 11.8 Å². The van der Waals surface area contributed by atoms with E-state index < -0.39 is 0 Å². The van der Waals surface area contributed by atoms with Crippen molar-refractivity contribution in [2.45, 2.75) is 44.6 Å². The SMILES string of the molecule is CN(CCNC(=O)C1CCCNC1)C1CCCC1. The molecule has 0 aromatic carbocycles. The van der Waals surface area contributed by atoms with Crippen LogP contribution in [-0.2, 0) is 4.79 Å². The minimum Gasteiger partial charge on any atom is -0.355 e. The number of piperidine rings is 1. The molecule has 2 aliphatic rings. The summed E-state index contributed by atoms with van der Waals surface area (Å²) in [6.07, 6.45) is 7.57. The zero-order valence-electron chi connectivity index (χ0n) is 11.6. The second-order valence-corrected chi connectivity index (χ2v) is 5.75. The average molecular weight is 253 g/mol. The first-order valence-corrected chi connectivity index (χ1v) is 7.46. The van der Waals surface area contributed by atoms with Crippen molar-refractivity contribution in [2.24, 2.45) is 5.92 Å². The molecular formula is C14H27N3O. The average Bonchev–Trinajstić information content (AvgIpc) is 2.93. The summed E-state index contributed by atoms with van der Waals surface area (Å²) in [6, 6.07) is 0.748. The van der Waals surface area contributed by atoms with Crippen LogP contribution >= 0.6 is 0 Å². The maximum absolute atomic E-state index is 11.9. The number of hydrogen-bond acceptors (Lipinski definition) is 3. The molecule has 0 aromatic heterocycles. The summed E-state index contributed by atoms with van der Waals surface area (Å²) in [5.41, 5.74) is 0. The van der Waals surface area contributed by atoms with E-state index in [0.29, 0.717) is 0 Å². The number of amides is 1. The lowest BCUT2D eigenvalue weighted by Crippen LogP contribution is -2.43. The predicted molar refractivity (Wildman–Crippen MR) is 73.5 cm³/mol. The molecule has 2 rings (SSSR count). The molecule has 4 nitrogen and oxygen atoms in total. The Morgan fingerprint density at radius 3 is 2.72 bits per heavy atom. The fraction of sp³-hybridized carbons (Fsp3) is 0.929. The molecule has 0 bridgehead atoms. The first-order valence-electron chi connectivity index (χ1n) is 7.46. The van der Waals surface area contributed by atoms with Gasteiger partial charge in [0.05, 0.1) is 5.92 Å². The minimum atomic E-state index is 0.190. The molecule has 1 amide bonds. The van der Waals surface area contributed by atoms with E-state index in [9.17, 15) is 4.79 Å². The van der Waals surface area contributed by atoms with Gasteiger partial charge in [-0.05, 0) is 39.3 Å². The summed E-state index contributed by atoms with van der Waals surface area (Å²) < 4.78 is 0. The van der Waals surface area contributed by atoms with Crippen LogP contribution in [-0.4, -0.2) is 50.1 Å². The van der Waals surface area contributed by atoms with Crippen molar-refractivity contribution in [1.82, 2.24) is 15.5 Å². The molecule has 1 saturated carbocycles. The second kappa shape index (κ2) is 7.10. The van der Waals surface area contributed by atoms with Crippen LogP contribution in [0.4, 0.5) is 0 Å². The third-order valence-corrected chi connectivity index (χ3v) is 4.38. The Hall–Kier alpha value is -0.610. The number of nitrogens with one attached hydrogen (secondary N) is 2. The van der Waals surface area contributed by atoms with Gasteiger partial charge >= 0.3 is 0 Å². The third-order valence-electron chi connectivity index (χ3n) is 4.38. The van der Waals surface area contributed by atoms with Gasteiger partial charge in [-0.15, -0.1) is 0 Å². The fourth-order valence-corrected chi connectivity index (χ4v) is 3.10. The maximum atomic E-state index is 11.9. The first-order chi connectivity index (χ1) is 8.77. The quantitative estimate of drug-likeness (QED) is 0.767. The number of carbonyl (C=O) groups is 1. The first kappa shape index (κ1) is 13.8. The molecule has 1 saturated heterocycles. The highest BCUT2D eigenvalue weighted by Gasteiger charge is 2.22. The number of carbonyl (C=O) groups excluding carboxylic acids is 1. The molecule has 2 N–H and O–H groups in total. The lowest BCUT2D eigenvalue weighted by molar-refractivity contribution is -0.125. The molecule has 0 aromatic rings. The van der Waals surface area contributed by atoms with Crippen LogP contribution in [0.15, 0.2) is 0 Å². The highest BCUT2D eigenvalue weighted by molar-refractivity contribution is 5.78. The van der Waals surface area contributed by atoms with Crippen LogP contribution in [0.1, 0.15) is 38.5 Å². The lowest BCUT2D eigenvalue weighted by atomic mass is 9.99. The van der Waals surface area contributed by atoms with E-state index >= 15 is 0 Å². The van der Waals surface area contributed by atoms with Gasteiger partial charge in [0.25, 0.3) is 0 Å². The highest BCUT2D eigenvalue weighted by Crippen LogP contribution is 2.21. The second-order valence-electron chi connectivity index (χ2n) is 5.75. The van der Waals surface area contributed by atoms with Gasteiger partial charge in [0, 0.05) is 25.7 Å². The molecule has 4 heteroatoms. The maximum Gasteiger partial charge on any atom is 0.224 e. The lowest BCUT2D eigenvalue weighted by Gasteiger charge is -2.25. The van der Waals surface area contributed by atoms with Crippen LogP contribution < -0.4 is 10.6 Å².